The first-order valence-electron chi connectivity index (χ1n) is 8.28. The highest BCUT2D eigenvalue weighted by molar-refractivity contribution is 6.33. The first kappa shape index (κ1) is 19.9. The molecule has 0 bridgehead atoms. The average molecular weight is 420 g/mol. The Hall–Kier alpha value is -2.90. The lowest BCUT2D eigenvalue weighted by Crippen LogP contribution is -2.09. The molecule has 28 heavy (non-hydrogen) atoms. The molecule has 0 atom stereocenters. The number of rotatable bonds is 5. The summed E-state index contributed by atoms with van der Waals surface area (Å²) in [5.41, 5.74) is 2.18. The molecular formula is C19H15Cl2N3O4. The Labute approximate surface area is 170 Å². The summed E-state index contributed by atoms with van der Waals surface area (Å²) in [6, 6.07) is 7.71. The van der Waals surface area contributed by atoms with Gasteiger partial charge in [-0.1, -0.05) is 23.2 Å². The van der Waals surface area contributed by atoms with Gasteiger partial charge in [0.25, 0.3) is 5.69 Å². The molecule has 0 fully saturated rings. The second-order valence-electron chi connectivity index (χ2n) is 5.93. The third-order valence-electron chi connectivity index (χ3n) is 4.03. The number of benzene rings is 2. The maximum atomic E-state index is 12.4. The molecule has 0 radical (unpaired) electrons. The molecule has 2 aromatic carbocycles. The Morgan fingerprint density at radius 1 is 1.29 bits per heavy atom. The number of fused-ring (bicyclic) bond motifs is 1. The lowest BCUT2D eigenvalue weighted by molar-refractivity contribution is -0.384. The average Bonchev–Trinajstić information content (AvgIpc) is 2.63. The van der Waals surface area contributed by atoms with Crippen LogP contribution in [-0.4, -0.2) is 22.5 Å². The van der Waals surface area contributed by atoms with Crippen molar-refractivity contribution >= 4 is 57.1 Å². The largest absolute Gasteiger partial charge is 0.462 e. The molecule has 144 valence electrons. The summed E-state index contributed by atoms with van der Waals surface area (Å²) in [5, 5.41) is 15.3. The van der Waals surface area contributed by atoms with E-state index in [9.17, 15) is 14.9 Å². The number of ether oxygens (including phenoxy) is 1. The van der Waals surface area contributed by atoms with Crippen molar-refractivity contribution < 1.29 is 14.5 Å². The van der Waals surface area contributed by atoms with Crippen LogP contribution in [0.2, 0.25) is 10.0 Å². The second-order valence-corrected chi connectivity index (χ2v) is 6.78. The fourth-order valence-electron chi connectivity index (χ4n) is 2.81. The molecule has 7 nitrogen and oxygen atoms in total. The second kappa shape index (κ2) is 8.00. The summed E-state index contributed by atoms with van der Waals surface area (Å²) in [6.45, 7) is 3.74. The minimum Gasteiger partial charge on any atom is -0.462 e. The Balaban J connectivity index is 2.22. The summed E-state index contributed by atoms with van der Waals surface area (Å²) in [7, 11) is 0. The number of nitro benzene ring substituents is 1. The van der Waals surface area contributed by atoms with Crippen molar-refractivity contribution in [3.8, 4) is 0 Å². The number of anilines is 2. The zero-order valence-electron chi connectivity index (χ0n) is 15.0. The summed E-state index contributed by atoms with van der Waals surface area (Å²) >= 11 is 12.1. The van der Waals surface area contributed by atoms with Gasteiger partial charge in [0.15, 0.2) is 0 Å². The van der Waals surface area contributed by atoms with Crippen molar-refractivity contribution in [1.82, 2.24) is 4.98 Å². The monoisotopic (exact) mass is 419 g/mol. The molecule has 1 aromatic heterocycles. The van der Waals surface area contributed by atoms with Gasteiger partial charge < -0.3 is 10.1 Å². The Kier molecular flexibility index (Phi) is 5.67. The van der Waals surface area contributed by atoms with Crippen LogP contribution in [0.1, 0.15) is 22.8 Å². The van der Waals surface area contributed by atoms with Crippen LogP contribution in [0.25, 0.3) is 10.9 Å². The van der Waals surface area contributed by atoms with Gasteiger partial charge in [0.1, 0.15) is 10.6 Å². The molecule has 9 heteroatoms. The maximum Gasteiger partial charge on any atom is 0.341 e. The predicted octanol–water partition coefficient (Wildman–Crippen LogP) is 5.68. The number of aromatic nitrogens is 1. The van der Waals surface area contributed by atoms with Gasteiger partial charge >= 0.3 is 5.97 Å². The van der Waals surface area contributed by atoms with Gasteiger partial charge in [-0.05, 0) is 43.7 Å². The molecule has 0 spiro atoms. The number of hydrogen-bond acceptors (Lipinski definition) is 6. The molecule has 0 aliphatic rings. The van der Waals surface area contributed by atoms with E-state index < -0.39 is 10.9 Å². The number of nitrogens with one attached hydrogen (secondary N) is 1. The fourth-order valence-corrected chi connectivity index (χ4v) is 3.27. The van der Waals surface area contributed by atoms with E-state index in [2.05, 4.69) is 10.3 Å². The summed E-state index contributed by atoms with van der Waals surface area (Å²) in [6.07, 6.45) is 1.41. The van der Waals surface area contributed by atoms with Crippen LogP contribution in [0.5, 0.6) is 0 Å². The smallest absolute Gasteiger partial charge is 0.341 e. The van der Waals surface area contributed by atoms with E-state index in [0.717, 1.165) is 5.56 Å². The van der Waals surface area contributed by atoms with Crippen LogP contribution < -0.4 is 5.32 Å². The van der Waals surface area contributed by atoms with Gasteiger partial charge in [0.05, 0.1) is 22.7 Å². The van der Waals surface area contributed by atoms with Crippen LogP contribution in [-0.2, 0) is 4.74 Å². The van der Waals surface area contributed by atoms with Gasteiger partial charge in [0, 0.05) is 28.4 Å². The van der Waals surface area contributed by atoms with E-state index in [-0.39, 0.29) is 22.9 Å². The summed E-state index contributed by atoms with van der Waals surface area (Å²) in [4.78, 5) is 27.4. The van der Waals surface area contributed by atoms with Crippen molar-refractivity contribution in [2.75, 3.05) is 11.9 Å². The van der Waals surface area contributed by atoms with Crippen LogP contribution >= 0.6 is 23.2 Å². The molecule has 0 saturated heterocycles. The van der Waals surface area contributed by atoms with E-state index in [1.165, 1.54) is 18.3 Å². The normalized spacial score (nSPS) is 10.7. The van der Waals surface area contributed by atoms with Crippen molar-refractivity contribution in [3.63, 3.8) is 0 Å². The Morgan fingerprint density at radius 3 is 2.71 bits per heavy atom. The minimum atomic E-state index is -0.578. The van der Waals surface area contributed by atoms with Crippen LogP contribution in [0.4, 0.5) is 17.1 Å². The van der Waals surface area contributed by atoms with Gasteiger partial charge in [-0.25, -0.2) is 4.79 Å². The lowest BCUT2D eigenvalue weighted by atomic mass is 10.1. The highest BCUT2D eigenvalue weighted by Crippen LogP contribution is 2.35. The van der Waals surface area contributed by atoms with Crippen LogP contribution in [0.15, 0.2) is 36.5 Å². The minimum absolute atomic E-state index is 0.0136. The zero-order chi connectivity index (χ0) is 20.4. The number of carbonyl (C=O) groups excluding carboxylic acids is 1. The van der Waals surface area contributed by atoms with Crippen molar-refractivity contribution in [2.45, 2.75) is 13.8 Å². The lowest BCUT2D eigenvalue weighted by Gasteiger charge is -2.15. The van der Waals surface area contributed by atoms with E-state index in [1.54, 1.807) is 25.1 Å². The van der Waals surface area contributed by atoms with Gasteiger partial charge in [-0.2, -0.15) is 0 Å². The number of esters is 1. The molecule has 0 amide bonds. The number of hydrogen-bond donors (Lipinski definition) is 1. The highest BCUT2D eigenvalue weighted by atomic mass is 35.5. The molecule has 0 aliphatic heterocycles. The molecule has 3 aromatic rings. The Morgan fingerprint density at radius 2 is 2.04 bits per heavy atom. The fraction of sp³-hybridized carbons (Fsp3) is 0.158. The summed E-state index contributed by atoms with van der Waals surface area (Å²) < 4.78 is 5.12. The summed E-state index contributed by atoms with van der Waals surface area (Å²) in [5.74, 6) is -0.569. The molecule has 0 unspecified atom stereocenters. The quantitative estimate of drug-likeness (QED) is 0.324. The van der Waals surface area contributed by atoms with E-state index in [1.807, 2.05) is 6.92 Å². The first-order chi connectivity index (χ1) is 13.3. The third-order valence-corrected chi connectivity index (χ3v) is 4.57. The van der Waals surface area contributed by atoms with Crippen molar-refractivity contribution in [3.05, 3.63) is 67.8 Å². The molecule has 1 heterocycles. The van der Waals surface area contributed by atoms with E-state index in [0.29, 0.717) is 27.3 Å². The number of halogens is 2. The third kappa shape index (κ3) is 3.85. The number of carbonyl (C=O) groups is 1. The number of nitrogens with zero attached hydrogens (tertiary/aromatic N) is 2. The van der Waals surface area contributed by atoms with Crippen LogP contribution in [0.3, 0.4) is 0 Å². The SMILES string of the molecule is CCOC(=O)c1cnc2c(C)cc(Cl)cc2c1Nc1ccc(Cl)c([N+](=O)[O-])c1. The van der Waals surface area contributed by atoms with E-state index >= 15 is 0 Å². The molecule has 3 rings (SSSR count). The molecule has 0 saturated carbocycles. The van der Waals surface area contributed by atoms with Crippen molar-refractivity contribution in [2.24, 2.45) is 0 Å². The van der Waals surface area contributed by atoms with Crippen LogP contribution in [0, 0.1) is 17.0 Å². The number of nitro groups is 1. The predicted molar refractivity (Wildman–Crippen MR) is 109 cm³/mol. The molecule has 1 N–H and O–H groups in total. The van der Waals surface area contributed by atoms with Gasteiger partial charge in [-0.15, -0.1) is 0 Å². The topological polar surface area (TPSA) is 94.4 Å². The molecular weight excluding hydrogens is 405 g/mol. The standard InChI is InChI=1S/C19H15Cl2N3O4/c1-3-28-19(25)14-9-22-17-10(2)6-11(20)7-13(17)18(14)23-12-4-5-15(21)16(8-12)24(26)27/h4-9H,3H2,1-2H3,(H,22,23). The van der Waals surface area contributed by atoms with E-state index in [4.69, 9.17) is 27.9 Å². The highest BCUT2D eigenvalue weighted by Gasteiger charge is 2.20. The maximum absolute atomic E-state index is 12.4. The number of aryl methyl sites for hydroxylation is 1. The first-order valence-corrected chi connectivity index (χ1v) is 9.04. The Bertz CT molecular complexity index is 1100. The molecule has 0 aliphatic carbocycles. The zero-order valence-corrected chi connectivity index (χ0v) is 16.5. The van der Waals surface area contributed by atoms with Gasteiger partial charge in [0.2, 0.25) is 0 Å². The van der Waals surface area contributed by atoms with Crippen molar-refractivity contribution in [1.29, 1.82) is 0 Å². The number of pyridine rings is 1. The van der Waals surface area contributed by atoms with Gasteiger partial charge in [-0.3, -0.25) is 15.1 Å².